The van der Waals surface area contributed by atoms with E-state index in [1.165, 1.54) is 25.7 Å². The molecule has 1 aromatic carbocycles. The summed E-state index contributed by atoms with van der Waals surface area (Å²) in [5.41, 5.74) is 4.62. The number of nitrogens with one attached hydrogen (secondary N) is 1. The molecule has 2 atom stereocenters. The summed E-state index contributed by atoms with van der Waals surface area (Å²) in [5.74, 6) is 1.59. The van der Waals surface area contributed by atoms with Crippen LogP contribution in [-0.4, -0.2) is 11.6 Å². The topological polar surface area (TPSA) is 41.5 Å². The standard InChI is InChI=1S/C16H19BrN2O/c1-10(11-6-8-12(17)9-7-11)18-19-16(20)15-13-4-2-3-5-14(13)15/h6-9,13-15H,2-5H2,1H3,(H,19,20)/t13-,14-/m0/s1. The number of hydrazone groups is 1. The Bertz CT molecular complexity index is 526. The summed E-state index contributed by atoms with van der Waals surface area (Å²) in [7, 11) is 0. The molecule has 3 nitrogen and oxygen atoms in total. The highest BCUT2D eigenvalue weighted by Gasteiger charge is 2.54. The average molecular weight is 335 g/mol. The molecule has 1 aromatic rings. The minimum atomic E-state index is 0.110. The normalized spacial score (nSPS) is 28.7. The van der Waals surface area contributed by atoms with Crippen molar-refractivity contribution in [3.63, 3.8) is 0 Å². The van der Waals surface area contributed by atoms with Crippen molar-refractivity contribution in [3.05, 3.63) is 34.3 Å². The van der Waals surface area contributed by atoms with E-state index in [1.807, 2.05) is 31.2 Å². The Balaban J connectivity index is 1.59. The number of nitrogens with zero attached hydrogens (tertiary/aromatic N) is 1. The summed E-state index contributed by atoms with van der Waals surface area (Å²) in [5, 5.41) is 4.24. The van der Waals surface area contributed by atoms with Crippen LogP contribution in [0.2, 0.25) is 0 Å². The number of carbonyl (C=O) groups is 1. The second-order valence-electron chi connectivity index (χ2n) is 5.82. The van der Waals surface area contributed by atoms with E-state index in [9.17, 15) is 4.79 Å². The lowest BCUT2D eigenvalue weighted by Crippen LogP contribution is -2.22. The molecule has 2 aliphatic rings. The highest BCUT2D eigenvalue weighted by molar-refractivity contribution is 9.10. The first kappa shape index (κ1) is 13.8. The van der Waals surface area contributed by atoms with Crippen molar-refractivity contribution in [3.8, 4) is 0 Å². The SMILES string of the molecule is CC(=NNC(=O)C1[C@H]2CCCC[C@H]12)c1ccc(Br)cc1. The largest absolute Gasteiger partial charge is 0.273 e. The molecule has 0 bridgehead atoms. The average Bonchev–Trinajstić information content (AvgIpc) is 3.19. The Labute approximate surface area is 128 Å². The van der Waals surface area contributed by atoms with Crippen molar-refractivity contribution < 1.29 is 4.79 Å². The van der Waals surface area contributed by atoms with Gasteiger partial charge in [0.15, 0.2) is 0 Å². The van der Waals surface area contributed by atoms with Crippen LogP contribution in [0, 0.1) is 17.8 Å². The van der Waals surface area contributed by atoms with Gasteiger partial charge in [0.2, 0.25) is 5.91 Å². The number of fused-ring (bicyclic) bond motifs is 1. The molecule has 106 valence electrons. The number of halogens is 1. The zero-order valence-electron chi connectivity index (χ0n) is 11.6. The minimum Gasteiger partial charge on any atom is -0.273 e. The highest BCUT2D eigenvalue weighted by atomic mass is 79.9. The van der Waals surface area contributed by atoms with E-state index < -0.39 is 0 Å². The fourth-order valence-corrected chi connectivity index (χ4v) is 3.61. The van der Waals surface area contributed by atoms with Crippen LogP contribution >= 0.6 is 15.9 Å². The molecule has 0 radical (unpaired) electrons. The molecule has 0 spiro atoms. The number of rotatable bonds is 3. The number of benzene rings is 1. The van der Waals surface area contributed by atoms with Gasteiger partial charge in [0, 0.05) is 10.4 Å². The van der Waals surface area contributed by atoms with E-state index in [2.05, 4.69) is 26.5 Å². The lowest BCUT2D eigenvalue weighted by atomic mass is 10.0. The molecular weight excluding hydrogens is 316 g/mol. The van der Waals surface area contributed by atoms with Gasteiger partial charge in [-0.1, -0.05) is 40.9 Å². The predicted octanol–water partition coefficient (Wildman–Crippen LogP) is 3.73. The predicted molar refractivity (Wildman–Crippen MR) is 83.4 cm³/mol. The van der Waals surface area contributed by atoms with Gasteiger partial charge in [-0.2, -0.15) is 5.10 Å². The van der Waals surface area contributed by atoms with Crippen molar-refractivity contribution in [2.24, 2.45) is 22.9 Å². The Morgan fingerprint density at radius 2 is 1.80 bits per heavy atom. The summed E-state index contributed by atoms with van der Waals surface area (Å²) >= 11 is 3.41. The van der Waals surface area contributed by atoms with Crippen LogP contribution in [0.1, 0.15) is 38.2 Å². The molecule has 1 amide bonds. The van der Waals surface area contributed by atoms with Gasteiger partial charge in [-0.25, -0.2) is 5.43 Å². The number of carbonyl (C=O) groups excluding carboxylic acids is 1. The summed E-state index contributed by atoms with van der Waals surface area (Å²) in [6.07, 6.45) is 5.01. The monoisotopic (exact) mass is 334 g/mol. The van der Waals surface area contributed by atoms with E-state index in [-0.39, 0.29) is 11.8 Å². The Morgan fingerprint density at radius 1 is 1.20 bits per heavy atom. The Morgan fingerprint density at radius 3 is 2.40 bits per heavy atom. The molecule has 3 rings (SSSR count). The third kappa shape index (κ3) is 2.80. The highest BCUT2D eigenvalue weighted by Crippen LogP contribution is 2.55. The van der Waals surface area contributed by atoms with Crippen molar-refractivity contribution in [2.75, 3.05) is 0 Å². The molecule has 0 saturated heterocycles. The molecule has 0 aromatic heterocycles. The van der Waals surface area contributed by atoms with Gasteiger partial charge in [0.25, 0.3) is 0 Å². The molecule has 0 unspecified atom stereocenters. The second kappa shape index (κ2) is 5.68. The van der Waals surface area contributed by atoms with Gasteiger partial charge >= 0.3 is 0 Å². The number of amides is 1. The Hall–Kier alpha value is -1.16. The zero-order chi connectivity index (χ0) is 14.1. The van der Waals surface area contributed by atoms with E-state index in [0.29, 0.717) is 11.8 Å². The lowest BCUT2D eigenvalue weighted by Gasteiger charge is -2.04. The van der Waals surface area contributed by atoms with Crippen LogP contribution in [0.15, 0.2) is 33.8 Å². The number of hydrogen-bond donors (Lipinski definition) is 1. The smallest absolute Gasteiger partial charge is 0.243 e. The molecule has 0 aliphatic heterocycles. The molecule has 0 heterocycles. The lowest BCUT2D eigenvalue weighted by molar-refractivity contribution is -0.122. The van der Waals surface area contributed by atoms with Crippen LogP contribution in [-0.2, 0) is 4.79 Å². The fourth-order valence-electron chi connectivity index (χ4n) is 3.35. The van der Waals surface area contributed by atoms with Crippen molar-refractivity contribution in [2.45, 2.75) is 32.6 Å². The molecule has 2 saturated carbocycles. The van der Waals surface area contributed by atoms with Gasteiger partial charge < -0.3 is 0 Å². The quantitative estimate of drug-likeness (QED) is 0.664. The second-order valence-corrected chi connectivity index (χ2v) is 6.73. The maximum Gasteiger partial charge on any atom is 0.243 e. The van der Waals surface area contributed by atoms with Crippen LogP contribution in [0.5, 0.6) is 0 Å². The first-order valence-electron chi connectivity index (χ1n) is 7.27. The van der Waals surface area contributed by atoms with Gasteiger partial charge in [0.05, 0.1) is 5.71 Å². The van der Waals surface area contributed by atoms with Gasteiger partial charge in [-0.3, -0.25) is 4.79 Å². The molecule has 2 aliphatic carbocycles. The first-order valence-corrected chi connectivity index (χ1v) is 8.06. The van der Waals surface area contributed by atoms with Crippen molar-refractivity contribution >= 4 is 27.5 Å². The van der Waals surface area contributed by atoms with E-state index in [1.54, 1.807) is 0 Å². The fraction of sp³-hybridized carbons (Fsp3) is 0.500. The molecule has 4 heteroatoms. The first-order chi connectivity index (χ1) is 9.66. The maximum atomic E-state index is 12.1. The maximum absolute atomic E-state index is 12.1. The van der Waals surface area contributed by atoms with Crippen LogP contribution in [0.3, 0.4) is 0 Å². The summed E-state index contributed by atoms with van der Waals surface area (Å²) in [6.45, 7) is 1.92. The van der Waals surface area contributed by atoms with Crippen molar-refractivity contribution in [1.82, 2.24) is 5.43 Å². The van der Waals surface area contributed by atoms with Crippen molar-refractivity contribution in [1.29, 1.82) is 0 Å². The summed E-state index contributed by atoms with van der Waals surface area (Å²) < 4.78 is 1.04. The van der Waals surface area contributed by atoms with Gasteiger partial charge in [-0.05, 0) is 49.3 Å². The number of hydrogen-bond acceptors (Lipinski definition) is 2. The van der Waals surface area contributed by atoms with Crippen LogP contribution in [0.25, 0.3) is 0 Å². The third-order valence-electron chi connectivity index (χ3n) is 4.56. The summed E-state index contributed by atoms with van der Waals surface area (Å²) in [6, 6.07) is 7.94. The Kier molecular flexibility index (Phi) is 3.92. The third-order valence-corrected chi connectivity index (χ3v) is 5.08. The van der Waals surface area contributed by atoms with Gasteiger partial charge in [-0.15, -0.1) is 0 Å². The van der Waals surface area contributed by atoms with Gasteiger partial charge in [0.1, 0.15) is 0 Å². The van der Waals surface area contributed by atoms with E-state index in [0.717, 1.165) is 15.7 Å². The molecular formula is C16H19BrN2O. The molecule has 20 heavy (non-hydrogen) atoms. The minimum absolute atomic E-state index is 0.110. The van der Waals surface area contributed by atoms with Crippen LogP contribution < -0.4 is 5.43 Å². The van der Waals surface area contributed by atoms with E-state index >= 15 is 0 Å². The zero-order valence-corrected chi connectivity index (χ0v) is 13.2. The van der Waals surface area contributed by atoms with E-state index in [4.69, 9.17) is 0 Å². The summed E-state index contributed by atoms with van der Waals surface area (Å²) in [4.78, 5) is 12.1. The van der Waals surface area contributed by atoms with Crippen LogP contribution in [0.4, 0.5) is 0 Å². The molecule has 2 fully saturated rings. The molecule has 1 N–H and O–H groups in total.